The van der Waals surface area contributed by atoms with Gasteiger partial charge in [-0.05, 0) is 32.2 Å². The predicted octanol–water partition coefficient (Wildman–Crippen LogP) is 0.852. The quantitative estimate of drug-likeness (QED) is 0.805. The smallest absolute Gasteiger partial charge is 0.238 e. The SMILES string of the molecule is COc1ccc(N)cc1NC(=O)CN1CCN(C)CC1C. The maximum absolute atomic E-state index is 12.2. The van der Waals surface area contributed by atoms with Crippen molar-refractivity contribution < 1.29 is 9.53 Å². The van der Waals surface area contributed by atoms with Gasteiger partial charge in [0.1, 0.15) is 5.75 Å². The number of likely N-dealkylation sites (N-methyl/N-ethyl adjacent to an activating group) is 1. The van der Waals surface area contributed by atoms with Crippen molar-refractivity contribution in [1.29, 1.82) is 0 Å². The molecule has 1 aliphatic heterocycles. The Morgan fingerprint density at radius 1 is 1.48 bits per heavy atom. The van der Waals surface area contributed by atoms with Crippen LogP contribution in [0.3, 0.4) is 0 Å². The van der Waals surface area contributed by atoms with Crippen molar-refractivity contribution in [2.24, 2.45) is 0 Å². The first-order valence-corrected chi connectivity index (χ1v) is 7.15. The molecule has 0 bridgehead atoms. The fourth-order valence-corrected chi connectivity index (χ4v) is 2.61. The second kappa shape index (κ2) is 6.78. The predicted molar refractivity (Wildman–Crippen MR) is 84.6 cm³/mol. The largest absolute Gasteiger partial charge is 0.495 e. The number of nitrogen functional groups attached to an aromatic ring is 1. The average molecular weight is 292 g/mol. The molecule has 0 spiro atoms. The van der Waals surface area contributed by atoms with Crippen molar-refractivity contribution in [3.8, 4) is 5.75 Å². The van der Waals surface area contributed by atoms with Crippen LogP contribution in [0.25, 0.3) is 0 Å². The minimum Gasteiger partial charge on any atom is -0.495 e. The fraction of sp³-hybridized carbons (Fsp3) is 0.533. The second-order valence-electron chi connectivity index (χ2n) is 5.59. The van der Waals surface area contributed by atoms with Gasteiger partial charge in [-0.25, -0.2) is 0 Å². The molecule has 6 heteroatoms. The van der Waals surface area contributed by atoms with Crippen molar-refractivity contribution in [3.63, 3.8) is 0 Å². The molecule has 1 amide bonds. The van der Waals surface area contributed by atoms with Crippen LogP contribution >= 0.6 is 0 Å². The van der Waals surface area contributed by atoms with E-state index >= 15 is 0 Å². The number of carbonyl (C=O) groups excluding carboxylic acids is 1. The fourth-order valence-electron chi connectivity index (χ4n) is 2.61. The highest BCUT2D eigenvalue weighted by Gasteiger charge is 2.23. The standard InChI is InChI=1S/C15H24N4O2/c1-11-9-18(2)6-7-19(11)10-15(20)17-13-8-12(16)4-5-14(13)21-3/h4-5,8,11H,6-7,9-10,16H2,1-3H3,(H,17,20). The molecule has 1 unspecified atom stereocenters. The number of benzene rings is 1. The molecular weight excluding hydrogens is 268 g/mol. The van der Waals surface area contributed by atoms with Gasteiger partial charge in [0.05, 0.1) is 19.3 Å². The zero-order chi connectivity index (χ0) is 15.4. The molecule has 116 valence electrons. The first kappa shape index (κ1) is 15.6. The van der Waals surface area contributed by atoms with Gasteiger partial charge < -0.3 is 20.7 Å². The lowest BCUT2D eigenvalue weighted by Crippen LogP contribution is -2.52. The number of nitrogens with one attached hydrogen (secondary N) is 1. The van der Waals surface area contributed by atoms with Crippen LogP contribution < -0.4 is 15.8 Å². The molecular formula is C15H24N4O2. The van der Waals surface area contributed by atoms with Crippen molar-refractivity contribution >= 4 is 17.3 Å². The van der Waals surface area contributed by atoms with Gasteiger partial charge >= 0.3 is 0 Å². The Morgan fingerprint density at radius 2 is 2.24 bits per heavy atom. The first-order chi connectivity index (χ1) is 9.99. The van der Waals surface area contributed by atoms with Crippen molar-refractivity contribution in [2.75, 3.05) is 51.4 Å². The lowest BCUT2D eigenvalue weighted by molar-refractivity contribution is -0.118. The molecule has 21 heavy (non-hydrogen) atoms. The maximum Gasteiger partial charge on any atom is 0.238 e. The highest BCUT2D eigenvalue weighted by molar-refractivity contribution is 5.94. The summed E-state index contributed by atoms with van der Waals surface area (Å²) in [4.78, 5) is 16.7. The third-order valence-electron chi connectivity index (χ3n) is 3.81. The molecule has 0 radical (unpaired) electrons. The van der Waals surface area contributed by atoms with Gasteiger partial charge in [0, 0.05) is 31.4 Å². The van der Waals surface area contributed by atoms with Crippen LogP contribution in [0.1, 0.15) is 6.92 Å². The van der Waals surface area contributed by atoms with Gasteiger partial charge in [0.25, 0.3) is 0 Å². The van der Waals surface area contributed by atoms with E-state index in [1.807, 2.05) is 0 Å². The number of nitrogens with zero attached hydrogens (tertiary/aromatic N) is 2. The molecule has 0 aromatic heterocycles. The average Bonchev–Trinajstić information content (AvgIpc) is 2.42. The Morgan fingerprint density at radius 3 is 2.90 bits per heavy atom. The monoisotopic (exact) mass is 292 g/mol. The lowest BCUT2D eigenvalue weighted by Gasteiger charge is -2.37. The molecule has 3 N–H and O–H groups in total. The van der Waals surface area contributed by atoms with Gasteiger partial charge in [-0.2, -0.15) is 0 Å². The molecule has 0 aliphatic carbocycles. The summed E-state index contributed by atoms with van der Waals surface area (Å²) < 4.78 is 5.24. The van der Waals surface area contributed by atoms with Gasteiger partial charge in [0.15, 0.2) is 0 Å². The Balaban J connectivity index is 1.97. The maximum atomic E-state index is 12.2. The van der Waals surface area contributed by atoms with E-state index in [-0.39, 0.29) is 5.91 Å². The summed E-state index contributed by atoms with van der Waals surface area (Å²) in [5.41, 5.74) is 6.97. The molecule has 0 saturated carbocycles. The van der Waals surface area contributed by atoms with E-state index in [4.69, 9.17) is 10.5 Å². The Labute approximate surface area is 125 Å². The van der Waals surface area contributed by atoms with Crippen LogP contribution in [0.2, 0.25) is 0 Å². The molecule has 1 saturated heterocycles. The van der Waals surface area contributed by atoms with Crippen molar-refractivity contribution in [2.45, 2.75) is 13.0 Å². The minimum atomic E-state index is -0.0460. The number of ether oxygens (including phenoxy) is 1. The topological polar surface area (TPSA) is 70.8 Å². The van der Waals surface area contributed by atoms with E-state index in [0.717, 1.165) is 19.6 Å². The molecule has 6 nitrogen and oxygen atoms in total. The molecule has 2 rings (SSSR count). The number of anilines is 2. The summed E-state index contributed by atoms with van der Waals surface area (Å²) in [6, 6.07) is 5.59. The lowest BCUT2D eigenvalue weighted by atomic mass is 10.2. The summed E-state index contributed by atoms with van der Waals surface area (Å²) >= 11 is 0. The van der Waals surface area contributed by atoms with Gasteiger partial charge in [-0.15, -0.1) is 0 Å². The van der Waals surface area contributed by atoms with E-state index in [9.17, 15) is 4.79 Å². The van der Waals surface area contributed by atoms with E-state index < -0.39 is 0 Å². The summed E-state index contributed by atoms with van der Waals surface area (Å²) in [5, 5.41) is 2.88. The van der Waals surface area contributed by atoms with E-state index in [2.05, 4.69) is 29.1 Å². The number of nitrogens with two attached hydrogens (primary N) is 1. The van der Waals surface area contributed by atoms with E-state index in [0.29, 0.717) is 29.7 Å². The zero-order valence-electron chi connectivity index (χ0n) is 12.9. The number of hydrogen-bond acceptors (Lipinski definition) is 5. The summed E-state index contributed by atoms with van der Waals surface area (Å²) in [7, 11) is 3.68. The molecule has 1 aromatic carbocycles. The number of piperazine rings is 1. The zero-order valence-corrected chi connectivity index (χ0v) is 12.9. The van der Waals surface area contributed by atoms with Gasteiger partial charge in [-0.3, -0.25) is 9.69 Å². The summed E-state index contributed by atoms with van der Waals surface area (Å²) in [5.74, 6) is 0.569. The van der Waals surface area contributed by atoms with Crippen LogP contribution in [0.4, 0.5) is 11.4 Å². The van der Waals surface area contributed by atoms with Crippen molar-refractivity contribution in [3.05, 3.63) is 18.2 Å². The molecule has 1 heterocycles. The number of amides is 1. The van der Waals surface area contributed by atoms with Crippen LogP contribution in [0, 0.1) is 0 Å². The molecule has 1 atom stereocenters. The van der Waals surface area contributed by atoms with Gasteiger partial charge in [-0.1, -0.05) is 0 Å². The number of carbonyl (C=O) groups is 1. The Hall–Kier alpha value is -1.79. The second-order valence-corrected chi connectivity index (χ2v) is 5.59. The molecule has 1 aliphatic rings. The van der Waals surface area contributed by atoms with Crippen LogP contribution in [-0.4, -0.2) is 62.1 Å². The Kier molecular flexibility index (Phi) is 5.03. The van der Waals surface area contributed by atoms with Crippen LogP contribution in [-0.2, 0) is 4.79 Å². The molecule has 1 aromatic rings. The number of methoxy groups -OCH3 is 1. The van der Waals surface area contributed by atoms with Crippen molar-refractivity contribution in [1.82, 2.24) is 9.80 Å². The number of hydrogen-bond donors (Lipinski definition) is 2. The van der Waals surface area contributed by atoms with E-state index in [1.54, 1.807) is 25.3 Å². The van der Waals surface area contributed by atoms with Crippen LogP contribution in [0.5, 0.6) is 5.75 Å². The highest BCUT2D eigenvalue weighted by atomic mass is 16.5. The minimum absolute atomic E-state index is 0.0460. The van der Waals surface area contributed by atoms with Crippen LogP contribution in [0.15, 0.2) is 18.2 Å². The first-order valence-electron chi connectivity index (χ1n) is 7.15. The van der Waals surface area contributed by atoms with Gasteiger partial charge in [0.2, 0.25) is 5.91 Å². The Bertz CT molecular complexity index is 506. The van der Waals surface area contributed by atoms with E-state index in [1.165, 1.54) is 0 Å². The third kappa shape index (κ3) is 4.09. The molecule has 1 fully saturated rings. The number of rotatable bonds is 4. The highest BCUT2D eigenvalue weighted by Crippen LogP contribution is 2.26. The normalized spacial score (nSPS) is 20.2. The summed E-state index contributed by atoms with van der Waals surface area (Å²) in [6.45, 7) is 5.39. The summed E-state index contributed by atoms with van der Waals surface area (Å²) in [6.07, 6.45) is 0. The third-order valence-corrected chi connectivity index (χ3v) is 3.81.